The van der Waals surface area contributed by atoms with Gasteiger partial charge in [-0.2, -0.15) is 0 Å². The van der Waals surface area contributed by atoms with Crippen LogP contribution in [0.2, 0.25) is 0 Å². The van der Waals surface area contributed by atoms with Gasteiger partial charge in [0.1, 0.15) is 17.5 Å². The molecule has 0 saturated carbocycles. The van der Waals surface area contributed by atoms with Crippen molar-refractivity contribution in [1.82, 2.24) is 16.2 Å². The minimum atomic E-state index is -0.435. The summed E-state index contributed by atoms with van der Waals surface area (Å²) in [5.41, 5.74) is 7.99. The molecule has 2 aromatic rings. The summed E-state index contributed by atoms with van der Waals surface area (Å²) in [5, 5.41) is 6.10. The van der Waals surface area contributed by atoms with E-state index in [1.807, 2.05) is 55.5 Å². The summed E-state index contributed by atoms with van der Waals surface area (Å²) in [5.74, 6) is 1.46. The van der Waals surface area contributed by atoms with Crippen molar-refractivity contribution in [3.63, 3.8) is 0 Å². The number of hydrogen-bond acceptors (Lipinski definition) is 6. The van der Waals surface area contributed by atoms with Gasteiger partial charge in [-0.05, 0) is 43.2 Å². The summed E-state index contributed by atoms with van der Waals surface area (Å²) in [6.07, 6.45) is 0.141. The summed E-state index contributed by atoms with van der Waals surface area (Å²) >= 11 is 0. The number of carbonyl (C=O) groups excluding carboxylic acids is 1. The molecule has 2 aromatic carbocycles. The highest BCUT2D eigenvalue weighted by Crippen LogP contribution is 2.23. The molecule has 7 nitrogen and oxygen atoms in total. The number of anilines is 1. The molecule has 26 heavy (non-hydrogen) atoms. The second kappa shape index (κ2) is 8.55. The lowest BCUT2D eigenvalue weighted by atomic mass is 10.1. The predicted octanol–water partition coefficient (Wildman–Crippen LogP) is 1.62. The normalized spacial score (nSPS) is 19.5. The molecule has 2 unspecified atom stereocenters. The van der Waals surface area contributed by atoms with Crippen LogP contribution in [0.1, 0.15) is 12.5 Å². The monoisotopic (exact) mass is 356 g/mol. The number of ether oxygens (including phenoxy) is 2. The minimum absolute atomic E-state index is 0.0787. The van der Waals surface area contributed by atoms with Crippen LogP contribution < -0.4 is 31.0 Å². The lowest BCUT2D eigenvalue weighted by Gasteiger charge is -2.32. The molecular weight excluding hydrogens is 332 g/mol. The lowest BCUT2D eigenvalue weighted by molar-refractivity contribution is -0.126. The molecule has 1 amide bonds. The van der Waals surface area contributed by atoms with Gasteiger partial charge in [0, 0.05) is 0 Å². The van der Waals surface area contributed by atoms with Crippen molar-refractivity contribution in [2.24, 2.45) is 0 Å². The topological polar surface area (TPSA) is 83.7 Å². The number of hydrazine groups is 1. The van der Waals surface area contributed by atoms with Crippen molar-refractivity contribution in [2.75, 3.05) is 19.0 Å². The van der Waals surface area contributed by atoms with Crippen LogP contribution >= 0.6 is 0 Å². The number of methoxy groups -OCH3 is 1. The summed E-state index contributed by atoms with van der Waals surface area (Å²) in [6, 6.07) is 15.0. The van der Waals surface area contributed by atoms with Gasteiger partial charge >= 0.3 is 0 Å². The molecule has 7 heteroatoms. The fraction of sp³-hybridized carbons (Fsp3) is 0.316. The Morgan fingerprint density at radius 2 is 1.85 bits per heavy atom. The third kappa shape index (κ3) is 4.44. The van der Waals surface area contributed by atoms with Gasteiger partial charge in [0.25, 0.3) is 0 Å². The number of amides is 1. The van der Waals surface area contributed by atoms with Gasteiger partial charge in [-0.15, -0.1) is 0 Å². The van der Waals surface area contributed by atoms with E-state index in [1.54, 1.807) is 7.11 Å². The molecule has 3 rings (SSSR count). The molecule has 1 saturated heterocycles. The van der Waals surface area contributed by atoms with Crippen LogP contribution in [0.4, 0.5) is 5.69 Å². The van der Waals surface area contributed by atoms with Gasteiger partial charge in [-0.1, -0.05) is 24.3 Å². The summed E-state index contributed by atoms with van der Waals surface area (Å²) in [6.45, 7) is 2.59. The quantitative estimate of drug-likeness (QED) is 0.604. The highest BCUT2D eigenvalue weighted by molar-refractivity contribution is 5.83. The van der Waals surface area contributed by atoms with Crippen LogP contribution in [0.15, 0.2) is 48.5 Å². The average molecular weight is 356 g/mol. The van der Waals surface area contributed by atoms with Crippen molar-refractivity contribution in [3.05, 3.63) is 54.1 Å². The van der Waals surface area contributed by atoms with Gasteiger partial charge in [0.05, 0.1) is 19.4 Å². The van der Waals surface area contributed by atoms with E-state index < -0.39 is 6.29 Å². The average Bonchev–Trinajstić information content (AvgIpc) is 2.66. The van der Waals surface area contributed by atoms with E-state index in [-0.39, 0.29) is 11.9 Å². The highest BCUT2D eigenvalue weighted by Gasteiger charge is 2.27. The maximum atomic E-state index is 12.4. The van der Waals surface area contributed by atoms with E-state index in [0.717, 1.165) is 17.0 Å². The molecular formula is C19H24N4O3. The van der Waals surface area contributed by atoms with Gasteiger partial charge in [-0.3, -0.25) is 4.79 Å². The number of rotatable bonds is 7. The molecule has 1 heterocycles. The van der Waals surface area contributed by atoms with Crippen LogP contribution in [0, 0.1) is 0 Å². The molecule has 1 aliphatic heterocycles. The van der Waals surface area contributed by atoms with E-state index in [1.165, 1.54) is 0 Å². The van der Waals surface area contributed by atoms with E-state index in [9.17, 15) is 4.79 Å². The first-order valence-corrected chi connectivity index (χ1v) is 8.62. The highest BCUT2D eigenvalue weighted by atomic mass is 16.5. The predicted molar refractivity (Wildman–Crippen MR) is 99.9 cm³/mol. The zero-order chi connectivity index (χ0) is 18.4. The number of nitrogens with one attached hydrogen (secondary N) is 4. The van der Waals surface area contributed by atoms with Crippen molar-refractivity contribution >= 4 is 11.6 Å². The number of benzene rings is 2. The first-order valence-electron chi connectivity index (χ1n) is 8.62. The smallest absolute Gasteiger partial charge is 0.241 e. The Hall–Kier alpha value is -2.77. The Bertz CT molecular complexity index is 736. The Kier molecular flexibility index (Phi) is 5.93. The zero-order valence-corrected chi connectivity index (χ0v) is 14.9. The summed E-state index contributed by atoms with van der Waals surface area (Å²) in [4.78, 5) is 12.4. The molecule has 2 atom stereocenters. The number of para-hydroxylation sites is 2. The fourth-order valence-corrected chi connectivity index (χ4v) is 2.79. The van der Waals surface area contributed by atoms with Crippen LogP contribution in [-0.4, -0.2) is 32.0 Å². The SMILES string of the molecule is CCOc1ccc(CC2NNC(Nc3ccccc3OC)NC2=O)cc1. The Morgan fingerprint density at radius 1 is 1.08 bits per heavy atom. The molecule has 1 aliphatic rings. The second-order valence-corrected chi connectivity index (χ2v) is 5.91. The van der Waals surface area contributed by atoms with E-state index in [4.69, 9.17) is 9.47 Å². The van der Waals surface area contributed by atoms with Crippen LogP contribution in [0.3, 0.4) is 0 Å². The van der Waals surface area contributed by atoms with Crippen molar-refractivity contribution < 1.29 is 14.3 Å². The Balaban J connectivity index is 1.55. The molecule has 0 spiro atoms. The molecule has 0 radical (unpaired) electrons. The van der Waals surface area contributed by atoms with Crippen LogP contribution in [-0.2, 0) is 11.2 Å². The van der Waals surface area contributed by atoms with Crippen molar-refractivity contribution in [1.29, 1.82) is 0 Å². The molecule has 0 bridgehead atoms. The van der Waals surface area contributed by atoms with Gasteiger partial charge in [-0.25, -0.2) is 10.9 Å². The van der Waals surface area contributed by atoms with E-state index in [2.05, 4.69) is 21.5 Å². The lowest BCUT2D eigenvalue weighted by Crippen LogP contribution is -2.68. The van der Waals surface area contributed by atoms with E-state index >= 15 is 0 Å². The van der Waals surface area contributed by atoms with Crippen molar-refractivity contribution in [2.45, 2.75) is 25.7 Å². The molecule has 0 aromatic heterocycles. The third-order valence-corrected chi connectivity index (χ3v) is 4.09. The molecule has 4 N–H and O–H groups in total. The largest absolute Gasteiger partial charge is 0.495 e. The third-order valence-electron chi connectivity index (χ3n) is 4.09. The van der Waals surface area contributed by atoms with Gasteiger partial charge in [0.2, 0.25) is 5.91 Å². The zero-order valence-electron chi connectivity index (χ0n) is 14.9. The summed E-state index contributed by atoms with van der Waals surface area (Å²) in [7, 11) is 1.61. The Labute approximate surface area is 153 Å². The maximum absolute atomic E-state index is 12.4. The fourth-order valence-electron chi connectivity index (χ4n) is 2.79. The first kappa shape index (κ1) is 18.0. The standard InChI is InChI=1S/C19H24N4O3/c1-3-26-14-10-8-13(9-11-14)12-16-18(24)21-19(23-22-16)20-15-6-4-5-7-17(15)25-2/h4-11,16,19-20,22-23H,3,12H2,1-2H3,(H,21,24). The molecule has 138 valence electrons. The number of hydrogen-bond donors (Lipinski definition) is 4. The number of carbonyl (C=O) groups is 1. The van der Waals surface area contributed by atoms with E-state index in [0.29, 0.717) is 18.8 Å². The second-order valence-electron chi connectivity index (χ2n) is 5.91. The van der Waals surface area contributed by atoms with Crippen molar-refractivity contribution in [3.8, 4) is 11.5 Å². The van der Waals surface area contributed by atoms with Gasteiger partial charge in [0.15, 0.2) is 6.29 Å². The summed E-state index contributed by atoms with van der Waals surface area (Å²) < 4.78 is 10.7. The van der Waals surface area contributed by atoms with Gasteiger partial charge < -0.3 is 20.1 Å². The minimum Gasteiger partial charge on any atom is -0.495 e. The molecule has 0 aliphatic carbocycles. The van der Waals surface area contributed by atoms with Crippen LogP contribution in [0.5, 0.6) is 11.5 Å². The maximum Gasteiger partial charge on any atom is 0.241 e. The Morgan fingerprint density at radius 3 is 2.54 bits per heavy atom. The van der Waals surface area contributed by atoms with Crippen LogP contribution in [0.25, 0.3) is 0 Å². The molecule has 1 fully saturated rings. The first-order chi connectivity index (χ1) is 12.7.